The molecule has 7 nitrogen and oxygen atoms in total. The molecule has 0 aliphatic carbocycles. The first-order valence-electron chi connectivity index (χ1n) is 2.52. The number of carbonyl (C=O) groups is 1. The zero-order valence-corrected chi connectivity index (χ0v) is 6.28. The highest BCUT2D eigenvalue weighted by Gasteiger charge is 2.29. The van der Waals surface area contributed by atoms with Gasteiger partial charge in [0.1, 0.15) is 11.4 Å². The molecule has 11 heavy (non-hydrogen) atoms. The lowest BCUT2D eigenvalue weighted by Gasteiger charge is -2.12. The Hall–Kier alpha value is -0.700. The van der Waals surface area contributed by atoms with E-state index < -0.39 is 27.4 Å². The van der Waals surface area contributed by atoms with Crippen molar-refractivity contribution in [2.24, 2.45) is 16.6 Å². The number of aliphatic carboxylic acids is 1. The van der Waals surface area contributed by atoms with E-state index in [0.29, 0.717) is 0 Å². The van der Waals surface area contributed by atoms with E-state index in [4.69, 9.17) is 16.6 Å². The molecule has 2 atom stereocenters. The van der Waals surface area contributed by atoms with Crippen LogP contribution in [0.2, 0.25) is 0 Å². The molecule has 0 heterocycles. The van der Waals surface area contributed by atoms with Crippen molar-refractivity contribution >= 4 is 16.0 Å². The van der Waals surface area contributed by atoms with Crippen LogP contribution < -0.4 is 16.6 Å². The molecule has 0 fully saturated rings. The van der Waals surface area contributed by atoms with Crippen LogP contribution in [0.1, 0.15) is 0 Å². The number of carboxylic acids is 1. The van der Waals surface area contributed by atoms with Crippen LogP contribution in [-0.2, 0) is 14.8 Å². The first-order valence-corrected chi connectivity index (χ1v) is 4.13. The predicted molar refractivity (Wildman–Crippen MR) is 36.7 cm³/mol. The molecule has 0 rings (SSSR count). The van der Waals surface area contributed by atoms with E-state index in [2.05, 4.69) is 5.14 Å². The van der Waals surface area contributed by atoms with Gasteiger partial charge in [0.05, 0.1) is 0 Å². The van der Waals surface area contributed by atoms with E-state index in [1.165, 1.54) is 0 Å². The molecule has 0 saturated carbocycles. The number of rotatable bonds is 3. The molecule has 0 aromatic heterocycles. The first-order chi connectivity index (χ1) is 4.76. The summed E-state index contributed by atoms with van der Waals surface area (Å²) in [5.74, 6) is -1.51. The van der Waals surface area contributed by atoms with Crippen molar-refractivity contribution in [2.75, 3.05) is 0 Å². The Labute approximate surface area is 63.2 Å². The molecular weight excluding hydrogens is 174 g/mol. The fourth-order valence-corrected chi connectivity index (χ4v) is 0.870. The molecule has 0 aromatic rings. The molecule has 0 aliphatic rings. The highest BCUT2D eigenvalue weighted by molar-refractivity contribution is 7.89. The average Bonchev–Trinajstić information content (AvgIpc) is 1.82. The third kappa shape index (κ3) is 2.80. The number of hydrogen-bond donors (Lipinski definition) is 4. The molecule has 0 radical (unpaired) electrons. The summed E-state index contributed by atoms with van der Waals surface area (Å²) in [5.41, 5.74) is 9.74. The highest BCUT2D eigenvalue weighted by Crippen LogP contribution is 1.92. The Morgan fingerprint density at radius 1 is 1.36 bits per heavy atom. The number of nitrogens with two attached hydrogens (primary N) is 3. The summed E-state index contributed by atoms with van der Waals surface area (Å²) in [6.07, 6.45) is 0. The summed E-state index contributed by atoms with van der Waals surface area (Å²) in [6.45, 7) is 0. The maximum atomic E-state index is 10.4. The van der Waals surface area contributed by atoms with Gasteiger partial charge in [0, 0.05) is 0 Å². The number of carboxylic acid groups (broad SMARTS) is 1. The Balaban J connectivity index is 4.51. The van der Waals surface area contributed by atoms with Crippen LogP contribution in [-0.4, -0.2) is 30.9 Å². The van der Waals surface area contributed by atoms with Gasteiger partial charge >= 0.3 is 5.97 Å². The molecule has 0 amide bonds. The van der Waals surface area contributed by atoms with Crippen LogP contribution in [0.4, 0.5) is 0 Å². The van der Waals surface area contributed by atoms with Gasteiger partial charge in [-0.2, -0.15) is 0 Å². The fraction of sp³-hybridized carbons (Fsp3) is 0.667. The summed E-state index contributed by atoms with van der Waals surface area (Å²) < 4.78 is 20.8. The van der Waals surface area contributed by atoms with Crippen molar-refractivity contribution in [3.63, 3.8) is 0 Å². The SMILES string of the molecule is NC(C(=O)O)C(N)S(N)(=O)=O. The van der Waals surface area contributed by atoms with E-state index in [-0.39, 0.29) is 0 Å². The van der Waals surface area contributed by atoms with Gasteiger partial charge in [0.25, 0.3) is 0 Å². The smallest absolute Gasteiger partial charge is 0.323 e. The Morgan fingerprint density at radius 3 is 1.82 bits per heavy atom. The van der Waals surface area contributed by atoms with Crippen molar-refractivity contribution in [1.29, 1.82) is 0 Å². The second-order valence-electron chi connectivity index (χ2n) is 1.92. The Bertz CT molecular complexity index is 247. The topological polar surface area (TPSA) is 150 Å². The number of sulfonamides is 1. The Kier molecular flexibility index (Phi) is 2.93. The van der Waals surface area contributed by atoms with Crippen LogP contribution in [0.15, 0.2) is 0 Å². The lowest BCUT2D eigenvalue weighted by Crippen LogP contribution is -2.53. The molecule has 0 spiro atoms. The van der Waals surface area contributed by atoms with Crippen LogP contribution in [0.25, 0.3) is 0 Å². The first kappa shape index (κ1) is 10.3. The largest absolute Gasteiger partial charge is 0.480 e. The summed E-state index contributed by atoms with van der Waals surface area (Å²) in [4.78, 5) is 10.1. The number of primary sulfonamides is 1. The summed E-state index contributed by atoms with van der Waals surface area (Å²) in [7, 11) is -4.08. The van der Waals surface area contributed by atoms with Gasteiger partial charge in [-0.1, -0.05) is 0 Å². The van der Waals surface area contributed by atoms with Crippen molar-refractivity contribution in [2.45, 2.75) is 11.4 Å². The van der Waals surface area contributed by atoms with E-state index in [1.54, 1.807) is 0 Å². The minimum Gasteiger partial charge on any atom is -0.480 e. The average molecular weight is 183 g/mol. The van der Waals surface area contributed by atoms with Crippen LogP contribution in [0.3, 0.4) is 0 Å². The van der Waals surface area contributed by atoms with E-state index in [0.717, 1.165) is 0 Å². The molecule has 8 heteroatoms. The quantitative estimate of drug-likeness (QED) is 0.365. The number of hydrogen-bond acceptors (Lipinski definition) is 5. The maximum Gasteiger partial charge on any atom is 0.323 e. The highest BCUT2D eigenvalue weighted by atomic mass is 32.2. The molecule has 0 saturated heterocycles. The summed E-state index contributed by atoms with van der Waals surface area (Å²) in [5, 5.41) is 10.9. The molecule has 66 valence electrons. The monoisotopic (exact) mass is 183 g/mol. The molecule has 7 N–H and O–H groups in total. The zero-order valence-electron chi connectivity index (χ0n) is 5.47. The van der Waals surface area contributed by atoms with E-state index in [1.807, 2.05) is 0 Å². The second-order valence-corrected chi connectivity index (χ2v) is 3.64. The van der Waals surface area contributed by atoms with Crippen molar-refractivity contribution in [3.05, 3.63) is 0 Å². The lowest BCUT2D eigenvalue weighted by atomic mass is 10.3. The van der Waals surface area contributed by atoms with Crippen LogP contribution in [0, 0.1) is 0 Å². The van der Waals surface area contributed by atoms with Gasteiger partial charge in [0.15, 0.2) is 0 Å². The minimum absolute atomic E-state index is 1.51. The van der Waals surface area contributed by atoms with Gasteiger partial charge in [-0.05, 0) is 0 Å². The van der Waals surface area contributed by atoms with E-state index >= 15 is 0 Å². The summed E-state index contributed by atoms with van der Waals surface area (Å²) >= 11 is 0. The van der Waals surface area contributed by atoms with Crippen LogP contribution in [0.5, 0.6) is 0 Å². The van der Waals surface area contributed by atoms with Gasteiger partial charge in [0.2, 0.25) is 10.0 Å². The molecule has 2 unspecified atom stereocenters. The Morgan fingerprint density at radius 2 is 1.73 bits per heavy atom. The predicted octanol–water partition coefficient (Wildman–Crippen LogP) is -3.03. The normalized spacial score (nSPS) is 17.4. The zero-order chi connectivity index (χ0) is 9.23. The van der Waals surface area contributed by atoms with Crippen molar-refractivity contribution < 1.29 is 18.3 Å². The third-order valence-electron chi connectivity index (χ3n) is 1.02. The third-order valence-corrected chi connectivity index (χ3v) is 2.07. The fourth-order valence-electron chi connectivity index (χ4n) is 0.345. The minimum atomic E-state index is -4.08. The van der Waals surface area contributed by atoms with Crippen molar-refractivity contribution in [3.8, 4) is 0 Å². The van der Waals surface area contributed by atoms with E-state index in [9.17, 15) is 13.2 Å². The molecular formula is C3H9N3O4S. The van der Waals surface area contributed by atoms with Crippen LogP contribution >= 0.6 is 0 Å². The maximum absolute atomic E-state index is 10.4. The lowest BCUT2D eigenvalue weighted by molar-refractivity contribution is -0.138. The standard InChI is InChI=1S/C3H9N3O4S/c4-1(3(7)8)2(5)11(6,9)10/h1-2H,4-5H2,(H,7,8)(H2,6,9,10). The summed E-state index contributed by atoms with van der Waals surface area (Å²) in [6, 6.07) is -1.69. The molecule has 0 aromatic carbocycles. The van der Waals surface area contributed by atoms with Gasteiger partial charge < -0.3 is 16.6 Å². The van der Waals surface area contributed by atoms with Crippen molar-refractivity contribution in [1.82, 2.24) is 0 Å². The molecule has 0 aliphatic heterocycles. The van der Waals surface area contributed by atoms with Gasteiger partial charge in [-0.3, -0.25) is 4.79 Å². The second kappa shape index (κ2) is 3.13. The van der Waals surface area contributed by atoms with Gasteiger partial charge in [-0.15, -0.1) is 0 Å². The molecule has 0 bridgehead atoms. The van der Waals surface area contributed by atoms with Gasteiger partial charge in [-0.25, -0.2) is 13.6 Å².